The summed E-state index contributed by atoms with van der Waals surface area (Å²) in [6.07, 6.45) is 0. The second-order valence-corrected chi connectivity index (χ2v) is 4.19. The van der Waals surface area contributed by atoms with Gasteiger partial charge in [0.2, 0.25) is 0 Å². The lowest BCUT2D eigenvalue weighted by atomic mass is 10.2. The molecule has 1 aliphatic heterocycles. The first-order valence-corrected chi connectivity index (χ1v) is 5.76. The Kier molecular flexibility index (Phi) is 2.59. The largest absolute Gasteiger partial charge is 0.482 e. The molecule has 1 aliphatic rings. The first-order chi connectivity index (χ1) is 9.16. The molecule has 2 aromatic carbocycles. The molecule has 1 heterocycles. The number of para-hydroxylation sites is 2. The predicted octanol–water partition coefficient (Wildman–Crippen LogP) is 2.47. The number of amides is 1. The fourth-order valence-electron chi connectivity index (χ4n) is 2.04. The number of rotatable bonds is 1. The molecule has 4 nitrogen and oxygen atoms in total. The topological polar surface area (TPSA) is 55.6 Å². The molecule has 96 valence electrons. The number of halogens is 1. The van der Waals surface area contributed by atoms with Gasteiger partial charge in [0.15, 0.2) is 6.61 Å². The first kappa shape index (κ1) is 11.5. The minimum absolute atomic E-state index is 0.0535. The molecule has 0 saturated heterocycles. The van der Waals surface area contributed by atoms with Gasteiger partial charge in [0, 0.05) is 6.07 Å². The van der Waals surface area contributed by atoms with Gasteiger partial charge in [-0.3, -0.25) is 9.69 Å². The number of hydrogen-bond donors (Lipinski definition) is 1. The van der Waals surface area contributed by atoms with Crippen molar-refractivity contribution in [2.24, 2.45) is 0 Å². The van der Waals surface area contributed by atoms with Crippen LogP contribution in [0.4, 0.5) is 21.5 Å². The summed E-state index contributed by atoms with van der Waals surface area (Å²) in [5.41, 5.74) is 6.54. The van der Waals surface area contributed by atoms with Crippen molar-refractivity contribution in [2.75, 3.05) is 17.2 Å². The summed E-state index contributed by atoms with van der Waals surface area (Å²) < 4.78 is 18.9. The molecular formula is C14H11FN2O2. The lowest BCUT2D eigenvalue weighted by molar-refractivity contribution is -0.120. The van der Waals surface area contributed by atoms with E-state index in [9.17, 15) is 9.18 Å². The Labute approximate surface area is 109 Å². The van der Waals surface area contributed by atoms with Crippen molar-refractivity contribution >= 4 is 23.0 Å². The molecule has 0 bridgehead atoms. The van der Waals surface area contributed by atoms with Gasteiger partial charge in [-0.15, -0.1) is 0 Å². The molecule has 1 amide bonds. The number of fused-ring (bicyclic) bond motifs is 1. The summed E-state index contributed by atoms with van der Waals surface area (Å²) in [4.78, 5) is 13.4. The summed E-state index contributed by atoms with van der Waals surface area (Å²) >= 11 is 0. The Morgan fingerprint density at radius 1 is 1.21 bits per heavy atom. The number of nitrogens with zero attached hydrogens (tertiary/aromatic N) is 1. The molecule has 3 rings (SSSR count). The van der Waals surface area contributed by atoms with Gasteiger partial charge in [0.05, 0.1) is 17.1 Å². The molecular weight excluding hydrogens is 247 g/mol. The van der Waals surface area contributed by atoms with Crippen LogP contribution in [0.2, 0.25) is 0 Å². The molecule has 0 radical (unpaired) electrons. The van der Waals surface area contributed by atoms with Crippen molar-refractivity contribution in [3.63, 3.8) is 0 Å². The third-order valence-corrected chi connectivity index (χ3v) is 2.95. The third-order valence-electron chi connectivity index (χ3n) is 2.95. The van der Waals surface area contributed by atoms with Gasteiger partial charge in [-0.25, -0.2) is 4.39 Å². The maximum Gasteiger partial charge on any atom is 0.269 e. The Bertz CT molecular complexity index is 658. The van der Waals surface area contributed by atoms with Crippen LogP contribution < -0.4 is 15.4 Å². The van der Waals surface area contributed by atoms with Crippen LogP contribution in [-0.2, 0) is 4.79 Å². The van der Waals surface area contributed by atoms with E-state index >= 15 is 0 Å². The monoisotopic (exact) mass is 258 g/mol. The van der Waals surface area contributed by atoms with Gasteiger partial charge in [-0.1, -0.05) is 12.1 Å². The lowest BCUT2D eigenvalue weighted by Crippen LogP contribution is -2.35. The minimum atomic E-state index is -0.547. The maximum absolute atomic E-state index is 13.5. The van der Waals surface area contributed by atoms with E-state index in [1.807, 2.05) is 6.07 Å². The zero-order valence-corrected chi connectivity index (χ0v) is 9.97. The first-order valence-electron chi connectivity index (χ1n) is 5.76. The zero-order valence-electron chi connectivity index (χ0n) is 9.97. The number of carbonyl (C=O) groups is 1. The van der Waals surface area contributed by atoms with E-state index in [0.717, 1.165) is 0 Å². The third kappa shape index (κ3) is 1.89. The van der Waals surface area contributed by atoms with Gasteiger partial charge < -0.3 is 10.5 Å². The summed E-state index contributed by atoms with van der Waals surface area (Å²) in [5, 5.41) is 0. The summed E-state index contributed by atoms with van der Waals surface area (Å²) in [6.45, 7) is -0.0665. The molecule has 0 fully saturated rings. The number of anilines is 3. The van der Waals surface area contributed by atoms with Crippen molar-refractivity contribution in [2.45, 2.75) is 0 Å². The van der Waals surface area contributed by atoms with Crippen LogP contribution in [0.3, 0.4) is 0 Å². The predicted molar refractivity (Wildman–Crippen MR) is 69.9 cm³/mol. The molecule has 2 aromatic rings. The van der Waals surface area contributed by atoms with E-state index < -0.39 is 5.82 Å². The SMILES string of the molecule is Nc1ccc(N2C(=O)COc3ccccc32)cc1F. The smallest absolute Gasteiger partial charge is 0.269 e. The molecule has 5 heteroatoms. The quantitative estimate of drug-likeness (QED) is 0.799. The average Bonchev–Trinajstić information content (AvgIpc) is 2.42. The molecule has 0 spiro atoms. The molecule has 0 unspecified atom stereocenters. The van der Waals surface area contributed by atoms with Crippen LogP contribution in [0.15, 0.2) is 42.5 Å². The number of nitrogens with two attached hydrogens (primary N) is 1. The Balaban J connectivity index is 2.13. The second-order valence-electron chi connectivity index (χ2n) is 4.19. The molecule has 19 heavy (non-hydrogen) atoms. The lowest BCUT2D eigenvalue weighted by Gasteiger charge is -2.29. The Morgan fingerprint density at radius 3 is 2.79 bits per heavy atom. The fraction of sp³-hybridized carbons (Fsp3) is 0.0714. The normalized spacial score (nSPS) is 13.9. The number of hydrogen-bond acceptors (Lipinski definition) is 3. The van der Waals surface area contributed by atoms with Crippen LogP contribution in [0.25, 0.3) is 0 Å². The van der Waals surface area contributed by atoms with Crippen LogP contribution in [0, 0.1) is 5.82 Å². The van der Waals surface area contributed by atoms with E-state index in [1.54, 1.807) is 24.3 Å². The van der Waals surface area contributed by atoms with Crippen LogP contribution in [-0.4, -0.2) is 12.5 Å². The van der Waals surface area contributed by atoms with Crippen molar-refractivity contribution in [1.82, 2.24) is 0 Å². The number of benzene rings is 2. The molecule has 0 atom stereocenters. The zero-order chi connectivity index (χ0) is 13.4. The molecule has 0 aromatic heterocycles. The number of ether oxygens (including phenoxy) is 1. The highest BCUT2D eigenvalue weighted by Crippen LogP contribution is 2.37. The van der Waals surface area contributed by atoms with Gasteiger partial charge in [-0.05, 0) is 24.3 Å². The maximum atomic E-state index is 13.5. The highest BCUT2D eigenvalue weighted by Gasteiger charge is 2.26. The van der Waals surface area contributed by atoms with E-state index in [-0.39, 0.29) is 18.2 Å². The van der Waals surface area contributed by atoms with Gasteiger partial charge in [-0.2, -0.15) is 0 Å². The fourth-order valence-corrected chi connectivity index (χ4v) is 2.04. The second kappa shape index (κ2) is 4.28. The van der Waals surface area contributed by atoms with Crippen molar-refractivity contribution in [1.29, 1.82) is 0 Å². The molecule has 0 saturated carbocycles. The summed E-state index contributed by atoms with van der Waals surface area (Å²) in [7, 11) is 0. The van der Waals surface area contributed by atoms with Crippen LogP contribution >= 0.6 is 0 Å². The van der Waals surface area contributed by atoms with Gasteiger partial charge >= 0.3 is 0 Å². The van der Waals surface area contributed by atoms with Crippen LogP contribution in [0.5, 0.6) is 5.75 Å². The molecule has 0 aliphatic carbocycles. The van der Waals surface area contributed by atoms with E-state index in [0.29, 0.717) is 17.1 Å². The van der Waals surface area contributed by atoms with Gasteiger partial charge in [0.25, 0.3) is 5.91 Å². The average molecular weight is 258 g/mol. The summed E-state index contributed by atoms with van der Waals surface area (Å²) in [5.74, 6) is -0.198. The van der Waals surface area contributed by atoms with Crippen molar-refractivity contribution in [3.05, 3.63) is 48.3 Å². The van der Waals surface area contributed by atoms with E-state index in [1.165, 1.54) is 17.0 Å². The van der Waals surface area contributed by atoms with Gasteiger partial charge in [0.1, 0.15) is 11.6 Å². The molecule has 2 N–H and O–H groups in total. The highest BCUT2D eigenvalue weighted by atomic mass is 19.1. The van der Waals surface area contributed by atoms with Crippen molar-refractivity contribution in [3.8, 4) is 5.75 Å². The van der Waals surface area contributed by atoms with E-state index in [2.05, 4.69) is 0 Å². The standard InChI is InChI=1S/C14H11FN2O2/c15-10-7-9(5-6-11(10)16)17-12-3-1-2-4-13(12)19-8-14(17)18/h1-7H,8,16H2. The number of carbonyl (C=O) groups excluding carboxylic acids is 1. The Hall–Kier alpha value is -2.56. The minimum Gasteiger partial charge on any atom is -0.482 e. The number of nitrogen functional groups attached to an aromatic ring is 1. The summed E-state index contributed by atoms with van der Waals surface area (Å²) in [6, 6.07) is 11.4. The van der Waals surface area contributed by atoms with E-state index in [4.69, 9.17) is 10.5 Å². The van der Waals surface area contributed by atoms with Crippen LogP contribution in [0.1, 0.15) is 0 Å². The van der Waals surface area contributed by atoms with Crippen molar-refractivity contribution < 1.29 is 13.9 Å². The highest BCUT2D eigenvalue weighted by molar-refractivity contribution is 6.04. The Morgan fingerprint density at radius 2 is 2.00 bits per heavy atom.